The number of alkyl carbamates (subject to hydrolysis) is 2. The van der Waals surface area contributed by atoms with Crippen LogP contribution in [-0.4, -0.2) is 80.3 Å². The Kier molecular flexibility index (Phi) is 12.2. The van der Waals surface area contributed by atoms with Crippen LogP contribution >= 0.6 is 0 Å². The Bertz CT molecular complexity index is 2810. The number of nitrogens with zero attached hydrogens (tertiary/aromatic N) is 1. The molecule has 6 aromatic rings. The third kappa shape index (κ3) is 9.11. The SMILES string of the molecule is COc1cc2ccn3c(c(-c4ccc(OC(=O)[C@H](C)NC(=O)OC(C)(C)C)c(OC)c4)c4c5cc(OC)c(OC(=O)[C@H](C)NC(=O)OC(C)(C)C)cc5oc(=O)c43)c2cc1OC. The molecule has 0 bridgehead atoms. The van der Waals surface area contributed by atoms with Crippen molar-refractivity contribution >= 4 is 62.3 Å². The predicted octanol–water partition coefficient (Wildman–Crippen LogP) is 7.69. The maximum absolute atomic E-state index is 14.2. The molecule has 2 N–H and O–H groups in total. The first-order chi connectivity index (χ1) is 29.2. The summed E-state index contributed by atoms with van der Waals surface area (Å²) in [7, 11) is 5.84. The third-order valence-corrected chi connectivity index (χ3v) is 9.40. The summed E-state index contributed by atoms with van der Waals surface area (Å²) in [6.07, 6.45) is 0.128. The van der Waals surface area contributed by atoms with E-state index in [1.807, 2.05) is 12.1 Å². The zero-order chi connectivity index (χ0) is 45.4. The highest BCUT2D eigenvalue weighted by atomic mass is 16.6. The summed E-state index contributed by atoms with van der Waals surface area (Å²) in [6.45, 7) is 13.1. The smallest absolute Gasteiger partial charge is 0.408 e. The van der Waals surface area contributed by atoms with Gasteiger partial charge in [0, 0.05) is 34.0 Å². The fraction of sp³-hybridized carbons (Fsp3) is 0.356. The number of carbonyl (C=O) groups excluding carboxylic acids is 4. The van der Waals surface area contributed by atoms with E-state index in [1.54, 1.807) is 76.4 Å². The molecule has 17 nitrogen and oxygen atoms in total. The summed E-state index contributed by atoms with van der Waals surface area (Å²) in [6, 6.07) is 11.0. The third-order valence-electron chi connectivity index (χ3n) is 9.40. The van der Waals surface area contributed by atoms with E-state index in [-0.39, 0.29) is 34.1 Å². The van der Waals surface area contributed by atoms with Gasteiger partial charge in [-0.25, -0.2) is 24.0 Å². The fourth-order valence-corrected chi connectivity index (χ4v) is 6.74. The van der Waals surface area contributed by atoms with Crippen LogP contribution in [0.2, 0.25) is 0 Å². The molecule has 3 aromatic carbocycles. The average molecular weight is 856 g/mol. The van der Waals surface area contributed by atoms with Gasteiger partial charge in [-0.05, 0) is 103 Å². The van der Waals surface area contributed by atoms with Gasteiger partial charge < -0.3 is 57.3 Å². The van der Waals surface area contributed by atoms with Crippen LogP contribution < -0.4 is 44.7 Å². The molecule has 2 amide bonds. The number of nitrogens with one attached hydrogen (secondary N) is 2. The van der Waals surface area contributed by atoms with E-state index in [1.165, 1.54) is 54.4 Å². The van der Waals surface area contributed by atoms with Crippen LogP contribution in [0, 0.1) is 0 Å². The molecule has 0 spiro atoms. The Morgan fingerprint density at radius 1 is 0.613 bits per heavy atom. The number of hydrogen-bond donors (Lipinski definition) is 2. The Morgan fingerprint density at radius 2 is 1.11 bits per heavy atom. The van der Waals surface area contributed by atoms with Crippen LogP contribution in [-0.2, 0) is 19.1 Å². The number of carbonyl (C=O) groups is 4. The molecule has 3 aromatic heterocycles. The highest BCUT2D eigenvalue weighted by Gasteiger charge is 2.29. The second-order valence-corrected chi connectivity index (χ2v) is 16.3. The molecule has 62 heavy (non-hydrogen) atoms. The van der Waals surface area contributed by atoms with E-state index in [0.717, 1.165) is 5.39 Å². The van der Waals surface area contributed by atoms with Crippen molar-refractivity contribution in [2.45, 2.75) is 78.7 Å². The Labute approximate surface area is 356 Å². The summed E-state index contributed by atoms with van der Waals surface area (Å²) >= 11 is 0. The first-order valence-electron chi connectivity index (χ1n) is 19.4. The summed E-state index contributed by atoms with van der Waals surface area (Å²) in [5, 5.41) is 7.17. The topological polar surface area (TPSA) is 201 Å². The number of benzene rings is 3. The molecule has 0 unspecified atom stereocenters. The number of pyridine rings is 1. The number of fused-ring (bicyclic) bond motifs is 7. The van der Waals surface area contributed by atoms with Crippen molar-refractivity contribution in [3.63, 3.8) is 0 Å². The standard InChI is InChI=1S/C45H49N3O14/c1-22(46-42(52)61-44(3,4)5)39(49)58-28-14-13-25(18-30(28)54-9)35-36-27-20-33(57-12)34(60-40(50)23(2)47-43(53)62-45(6,7)8)21-29(27)59-41(51)38(36)48-16-15-24-17-31(55-10)32(56-11)19-26(24)37(35)48/h13-23H,1-12H3,(H,46,52)(H,47,53)/t22-,23-/m0/s1. The van der Waals surface area contributed by atoms with Crippen molar-refractivity contribution in [2.75, 3.05) is 28.4 Å². The van der Waals surface area contributed by atoms with E-state index in [4.69, 9.17) is 42.3 Å². The minimum atomic E-state index is -1.13. The lowest BCUT2D eigenvalue weighted by atomic mass is 9.97. The molecule has 0 aliphatic carbocycles. The quantitative estimate of drug-likeness (QED) is 0.0730. The lowest BCUT2D eigenvalue weighted by Gasteiger charge is -2.21. The van der Waals surface area contributed by atoms with Gasteiger partial charge in [0.25, 0.3) is 0 Å². The second kappa shape index (κ2) is 17.1. The molecule has 2 atom stereocenters. The number of ether oxygens (including phenoxy) is 8. The van der Waals surface area contributed by atoms with E-state index in [2.05, 4.69) is 10.6 Å². The number of rotatable bonds is 11. The van der Waals surface area contributed by atoms with E-state index in [9.17, 15) is 24.0 Å². The van der Waals surface area contributed by atoms with Crippen LogP contribution in [0.4, 0.5) is 9.59 Å². The van der Waals surface area contributed by atoms with Crippen molar-refractivity contribution < 1.29 is 61.5 Å². The minimum Gasteiger partial charge on any atom is -0.493 e. The first-order valence-corrected chi connectivity index (χ1v) is 19.4. The van der Waals surface area contributed by atoms with E-state index in [0.29, 0.717) is 44.3 Å². The average Bonchev–Trinajstić information content (AvgIpc) is 3.55. The van der Waals surface area contributed by atoms with Gasteiger partial charge in [0.2, 0.25) is 0 Å². The molecular formula is C45H49N3O14. The minimum absolute atomic E-state index is 0.0450. The van der Waals surface area contributed by atoms with Gasteiger partial charge in [-0.2, -0.15) is 0 Å². The summed E-state index contributed by atoms with van der Waals surface area (Å²) in [5.41, 5.74) is -0.463. The van der Waals surface area contributed by atoms with Crippen molar-refractivity contribution in [2.24, 2.45) is 0 Å². The zero-order valence-electron chi connectivity index (χ0n) is 36.5. The van der Waals surface area contributed by atoms with Crippen molar-refractivity contribution in [3.8, 4) is 45.6 Å². The van der Waals surface area contributed by atoms with E-state index >= 15 is 0 Å². The fourth-order valence-electron chi connectivity index (χ4n) is 6.74. The first kappa shape index (κ1) is 44.4. The van der Waals surface area contributed by atoms with Crippen LogP contribution in [0.15, 0.2) is 63.9 Å². The van der Waals surface area contributed by atoms with Crippen LogP contribution in [0.1, 0.15) is 55.4 Å². The van der Waals surface area contributed by atoms with Gasteiger partial charge in [-0.15, -0.1) is 0 Å². The highest BCUT2D eigenvalue weighted by molar-refractivity contribution is 6.22. The lowest BCUT2D eigenvalue weighted by molar-refractivity contribution is -0.137. The zero-order valence-corrected chi connectivity index (χ0v) is 36.5. The molecular weight excluding hydrogens is 807 g/mol. The number of aromatic nitrogens is 1. The number of methoxy groups -OCH3 is 4. The predicted molar refractivity (Wildman–Crippen MR) is 229 cm³/mol. The monoisotopic (exact) mass is 855 g/mol. The Balaban J connectivity index is 1.54. The molecule has 0 aliphatic heterocycles. The maximum atomic E-state index is 14.2. The molecule has 17 heteroatoms. The number of esters is 2. The Morgan fingerprint density at radius 3 is 1.66 bits per heavy atom. The van der Waals surface area contributed by atoms with Gasteiger partial charge >= 0.3 is 29.8 Å². The van der Waals surface area contributed by atoms with Gasteiger partial charge in [-0.3, -0.25) is 0 Å². The highest BCUT2D eigenvalue weighted by Crippen LogP contribution is 2.46. The lowest BCUT2D eigenvalue weighted by Crippen LogP contribution is -2.43. The summed E-state index contributed by atoms with van der Waals surface area (Å²) in [4.78, 5) is 65.4. The van der Waals surface area contributed by atoms with Gasteiger partial charge in [0.05, 0.1) is 34.0 Å². The summed E-state index contributed by atoms with van der Waals surface area (Å²) < 4.78 is 52.3. The molecule has 0 saturated carbocycles. The van der Waals surface area contributed by atoms with Gasteiger partial charge in [-0.1, -0.05) is 6.07 Å². The molecule has 6 rings (SSSR count). The van der Waals surface area contributed by atoms with Crippen LogP contribution in [0.3, 0.4) is 0 Å². The second-order valence-electron chi connectivity index (χ2n) is 16.3. The van der Waals surface area contributed by atoms with Crippen molar-refractivity contribution in [1.29, 1.82) is 0 Å². The van der Waals surface area contributed by atoms with Crippen LogP contribution in [0.5, 0.6) is 34.5 Å². The van der Waals surface area contributed by atoms with Crippen molar-refractivity contribution in [1.82, 2.24) is 15.0 Å². The van der Waals surface area contributed by atoms with Crippen LogP contribution in [0.25, 0.3) is 49.3 Å². The molecule has 0 saturated heterocycles. The maximum Gasteiger partial charge on any atom is 0.408 e. The molecule has 0 aliphatic rings. The van der Waals surface area contributed by atoms with E-state index < -0.39 is 53.0 Å². The number of amides is 2. The molecule has 328 valence electrons. The summed E-state index contributed by atoms with van der Waals surface area (Å²) in [5.74, 6) is -0.479. The molecule has 0 fully saturated rings. The van der Waals surface area contributed by atoms with Crippen molar-refractivity contribution in [3.05, 3.63) is 65.1 Å². The Hall–Kier alpha value is -7.17. The number of hydrogen-bond acceptors (Lipinski definition) is 14. The molecule has 0 radical (unpaired) electrons. The largest absolute Gasteiger partial charge is 0.493 e. The molecule has 3 heterocycles. The van der Waals surface area contributed by atoms with Gasteiger partial charge in [0.1, 0.15) is 34.4 Å². The normalized spacial score (nSPS) is 12.7. The van der Waals surface area contributed by atoms with Gasteiger partial charge in [0.15, 0.2) is 34.5 Å².